The Labute approximate surface area is 163 Å². The van der Waals surface area contributed by atoms with Crippen LogP contribution in [0.1, 0.15) is 63.4 Å². The largest absolute Gasteiger partial charge is 0.494 e. The van der Waals surface area contributed by atoms with E-state index in [1.165, 1.54) is 57.6 Å². The molecule has 2 aromatic carbocycles. The summed E-state index contributed by atoms with van der Waals surface area (Å²) in [7, 11) is 1.50. The smallest absolute Gasteiger partial charge is 0.165 e. The van der Waals surface area contributed by atoms with E-state index in [1.54, 1.807) is 12.1 Å². The van der Waals surface area contributed by atoms with Crippen LogP contribution in [0, 0.1) is 23.6 Å². The molecule has 0 bridgehead atoms. The van der Waals surface area contributed by atoms with Gasteiger partial charge in [0.25, 0.3) is 0 Å². The summed E-state index contributed by atoms with van der Waals surface area (Å²) in [6.07, 6.45) is 9.79. The van der Waals surface area contributed by atoms with Gasteiger partial charge in [0.05, 0.1) is 7.11 Å². The molecule has 0 aromatic heterocycles. The number of halogens is 1. The number of fused-ring (bicyclic) bond motifs is 1. The Bertz CT molecular complexity index is 766. The van der Waals surface area contributed by atoms with Gasteiger partial charge in [-0.1, -0.05) is 50.1 Å². The third-order valence-corrected chi connectivity index (χ3v) is 7.17. The van der Waals surface area contributed by atoms with Crippen LogP contribution in [0.15, 0.2) is 42.5 Å². The normalized spacial score (nSPS) is 27.8. The molecule has 2 saturated carbocycles. The van der Waals surface area contributed by atoms with Gasteiger partial charge in [-0.3, -0.25) is 0 Å². The summed E-state index contributed by atoms with van der Waals surface area (Å²) >= 11 is 0. The van der Waals surface area contributed by atoms with Crippen molar-refractivity contribution >= 4 is 0 Å². The van der Waals surface area contributed by atoms with Gasteiger partial charge in [-0.15, -0.1) is 0 Å². The molecule has 0 N–H and O–H groups in total. The van der Waals surface area contributed by atoms with Gasteiger partial charge in [0.15, 0.2) is 11.6 Å². The summed E-state index contributed by atoms with van der Waals surface area (Å²) in [5.41, 5.74) is 3.43. The van der Waals surface area contributed by atoms with Gasteiger partial charge >= 0.3 is 0 Å². The molecular weight excluding hydrogens is 335 g/mol. The molecule has 0 spiro atoms. The van der Waals surface area contributed by atoms with Crippen molar-refractivity contribution in [1.82, 2.24) is 0 Å². The van der Waals surface area contributed by atoms with Gasteiger partial charge in [-0.2, -0.15) is 0 Å². The lowest BCUT2D eigenvalue weighted by molar-refractivity contribution is 0.116. The lowest BCUT2D eigenvalue weighted by atomic mass is 9.63. The van der Waals surface area contributed by atoms with Gasteiger partial charge in [0.1, 0.15) is 0 Å². The van der Waals surface area contributed by atoms with E-state index in [4.69, 9.17) is 4.74 Å². The van der Waals surface area contributed by atoms with Crippen LogP contribution >= 0.6 is 0 Å². The Morgan fingerprint density at radius 1 is 0.889 bits per heavy atom. The second-order valence-electron chi connectivity index (χ2n) is 8.59. The van der Waals surface area contributed by atoms with Gasteiger partial charge in [0.2, 0.25) is 0 Å². The van der Waals surface area contributed by atoms with Crippen molar-refractivity contribution in [2.24, 2.45) is 17.8 Å². The maximum atomic E-state index is 14.0. The summed E-state index contributed by atoms with van der Waals surface area (Å²) in [4.78, 5) is 0. The van der Waals surface area contributed by atoms with Gasteiger partial charge < -0.3 is 4.74 Å². The molecule has 4 unspecified atom stereocenters. The minimum atomic E-state index is -0.305. The number of methoxy groups -OCH3 is 1. The number of rotatable bonds is 4. The Morgan fingerprint density at radius 3 is 2.30 bits per heavy atom. The predicted molar refractivity (Wildman–Crippen MR) is 110 cm³/mol. The Morgan fingerprint density at radius 2 is 1.59 bits per heavy atom. The summed E-state index contributed by atoms with van der Waals surface area (Å²) < 4.78 is 19.0. The van der Waals surface area contributed by atoms with Crippen molar-refractivity contribution < 1.29 is 9.13 Å². The number of benzene rings is 2. The summed E-state index contributed by atoms with van der Waals surface area (Å²) in [5, 5.41) is 0. The van der Waals surface area contributed by atoms with Crippen LogP contribution in [0.2, 0.25) is 0 Å². The van der Waals surface area contributed by atoms with Crippen molar-refractivity contribution in [3.8, 4) is 16.9 Å². The highest BCUT2D eigenvalue weighted by Crippen LogP contribution is 2.48. The second-order valence-corrected chi connectivity index (χ2v) is 8.59. The molecule has 1 nitrogen and oxygen atoms in total. The average molecular weight is 367 g/mol. The quantitative estimate of drug-likeness (QED) is 0.555. The van der Waals surface area contributed by atoms with Crippen molar-refractivity contribution in [3.05, 3.63) is 53.8 Å². The van der Waals surface area contributed by atoms with E-state index in [0.29, 0.717) is 11.7 Å². The average Bonchev–Trinajstić information content (AvgIpc) is 2.73. The van der Waals surface area contributed by atoms with Crippen LogP contribution in [-0.2, 0) is 0 Å². The molecule has 2 aromatic rings. The first-order valence-corrected chi connectivity index (χ1v) is 10.6. The fraction of sp³-hybridized carbons (Fsp3) is 0.520. The van der Waals surface area contributed by atoms with E-state index >= 15 is 0 Å². The Balaban J connectivity index is 1.44. The topological polar surface area (TPSA) is 9.23 Å². The van der Waals surface area contributed by atoms with Crippen LogP contribution < -0.4 is 4.74 Å². The first-order chi connectivity index (χ1) is 13.2. The fourth-order valence-corrected chi connectivity index (χ4v) is 5.45. The van der Waals surface area contributed by atoms with Crippen molar-refractivity contribution in [3.63, 3.8) is 0 Å². The van der Waals surface area contributed by atoms with E-state index < -0.39 is 0 Å². The molecular formula is C25H31FO. The minimum Gasteiger partial charge on any atom is -0.494 e. The molecule has 2 fully saturated rings. The molecule has 2 aliphatic carbocycles. The summed E-state index contributed by atoms with van der Waals surface area (Å²) in [6, 6.07) is 14.0. The SMILES string of the molecule is CCC1CCC2CC(c3ccc(-c4ccc(OC)c(F)c4)cc3)CCC2C1. The maximum Gasteiger partial charge on any atom is 0.165 e. The molecule has 0 radical (unpaired) electrons. The Kier molecular flexibility index (Phi) is 5.52. The van der Waals surface area contributed by atoms with Crippen molar-refractivity contribution in [1.29, 1.82) is 0 Å². The highest BCUT2D eigenvalue weighted by Gasteiger charge is 2.35. The lowest BCUT2D eigenvalue weighted by Gasteiger charge is -2.42. The minimum absolute atomic E-state index is 0.296. The number of ether oxygens (including phenoxy) is 1. The van der Waals surface area contributed by atoms with E-state index in [1.807, 2.05) is 6.07 Å². The monoisotopic (exact) mass is 366 g/mol. The molecule has 27 heavy (non-hydrogen) atoms. The fourth-order valence-electron chi connectivity index (χ4n) is 5.45. The summed E-state index contributed by atoms with van der Waals surface area (Å²) in [6.45, 7) is 2.35. The number of hydrogen-bond donors (Lipinski definition) is 0. The molecule has 4 rings (SSSR count). The molecule has 2 heteroatoms. The van der Waals surface area contributed by atoms with Crippen LogP contribution in [-0.4, -0.2) is 7.11 Å². The zero-order valence-corrected chi connectivity index (χ0v) is 16.6. The molecule has 4 atom stereocenters. The van der Waals surface area contributed by atoms with E-state index in [-0.39, 0.29) is 5.82 Å². The van der Waals surface area contributed by atoms with Crippen LogP contribution in [0.25, 0.3) is 11.1 Å². The first kappa shape index (κ1) is 18.5. The van der Waals surface area contributed by atoms with E-state index in [0.717, 1.165) is 28.9 Å². The Hall–Kier alpha value is -1.83. The van der Waals surface area contributed by atoms with Gasteiger partial charge in [-0.25, -0.2) is 4.39 Å². The number of hydrogen-bond acceptors (Lipinski definition) is 1. The third kappa shape index (κ3) is 3.90. The highest BCUT2D eigenvalue weighted by molar-refractivity contribution is 5.64. The van der Waals surface area contributed by atoms with Crippen molar-refractivity contribution in [2.45, 2.75) is 57.8 Å². The molecule has 0 aliphatic heterocycles. The van der Waals surface area contributed by atoms with Crippen LogP contribution in [0.4, 0.5) is 4.39 Å². The molecule has 0 amide bonds. The third-order valence-electron chi connectivity index (χ3n) is 7.17. The van der Waals surface area contributed by atoms with Gasteiger partial charge in [-0.05, 0) is 84.6 Å². The molecule has 144 valence electrons. The zero-order valence-electron chi connectivity index (χ0n) is 16.6. The zero-order chi connectivity index (χ0) is 18.8. The van der Waals surface area contributed by atoms with E-state index in [2.05, 4.69) is 31.2 Å². The van der Waals surface area contributed by atoms with Crippen molar-refractivity contribution in [2.75, 3.05) is 7.11 Å². The van der Waals surface area contributed by atoms with Crippen LogP contribution in [0.3, 0.4) is 0 Å². The predicted octanol–water partition coefficient (Wildman–Crippen LogP) is 7.21. The molecule has 0 heterocycles. The maximum absolute atomic E-state index is 14.0. The molecule has 2 aliphatic rings. The van der Waals surface area contributed by atoms with Gasteiger partial charge in [0, 0.05) is 0 Å². The lowest BCUT2D eigenvalue weighted by Crippen LogP contribution is -2.30. The summed E-state index contributed by atoms with van der Waals surface area (Å²) in [5.74, 6) is 3.58. The van der Waals surface area contributed by atoms with E-state index in [9.17, 15) is 4.39 Å². The molecule has 0 saturated heterocycles. The standard InChI is InChI=1S/C25H31FO/c1-3-17-4-5-22-15-21(11-10-20(22)14-17)18-6-8-19(9-7-18)23-12-13-25(27-2)24(26)16-23/h6-9,12-13,16-17,20-22H,3-5,10-11,14-15H2,1-2H3. The second kappa shape index (κ2) is 8.04. The van der Waals surface area contributed by atoms with Crippen LogP contribution in [0.5, 0.6) is 5.75 Å². The highest BCUT2D eigenvalue weighted by atomic mass is 19.1. The first-order valence-electron chi connectivity index (χ1n) is 10.6.